The molecule has 0 fully saturated rings. The van der Waals surface area contributed by atoms with Gasteiger partial charge < -0.3 is 4.98 Å². The predicted octanol–water partition coefficient (Wildman–Crippen LogP) is 1.66. The van der Waals surface area contributed by atoms with Gasteiger partial charge in [-0.25, -0.2) is 0 Å². The van der Waals surface area contributed by atoms with E-state index in [-0.39, 0.29) is 0 Å². The van der Waals surface area contributed by atoms with Gasteiger partial charge >= 0.3 is 0 Å². The fraction of sp³-hybridized carbons (Fsp3) is 0.200. The van der Waals surface area contributed by atoms with E-state index in [2.05, 4.69) is 41.4 Å². The fourth-order valence-electron chi connectivity index (χ4n) is 1.37. The van der Waals surface area contributed by atoms with Gasteiger partial charge in [-0.3, -0.25) is 0 Å². The Morgan fingerprint density at radius 3 is 2.50 bits per heavy atom. The van der Waals surface area contributed by atoms with Gasteiger partial charge in [-0.15, -0.1) is 0 Å². The number of hydrogen-bond donors (Lipinski definition) is 1. The third-order valence-electron chi connectivity index (χ3n) is 1.97. The number of H-pyrrole nitrogens is 1. The molecule has 0 saturated carbocycles. The molecule has 0 aliphatic rings. The van der Waals surface area contributed by atoms with Crippen molar-refractivity contribution in [1.29, 1.82) is 0 Å². The molecule has 1 nitrogen and oxygen atoms in total. The minimum atomic E-state index is 1.02. The number of nitrogens with one attached hydrogen (secondary N) is 1. The van der Waals surface area contributed by atoms with Gasteiger partial charge in [0.25, 0.3) is 0 Å². The molecule has 1 N–H and O–H groups in total. The highest BCUT2D eigenvalue weighted by molar-refractivity contribution is 6.32. The summed E-state index contributed by atoms with van der Waals surface area (Å²) in [5.41, 5.74) is 3.55. The largest absolute Gasteiger partial charge is 0.377 e. The molecule has 60 valence electrons. The molecule has 2 radical (unpaired) electrons. The molecule has 0 aliphatic carbocycles. The summed E-state index contributed by atoms with van der Waals surface area (Å²) in [6.45, 7) is 9.66. The first-order valence-corrected chi connectivity index (χ1v) is 4.57. The summed E-state index contributed by atoms with van der Waals surface area (Å²) in [7, 11) is 0. The Morgan fingerprint density at radius 1 is 1.42 bits per heavy atom. The lowest BCUT2D eigenvalue weighted by Crippen LogP contribution is -2.08. The van der Waals surface area contributed by atoms with Crippen LogP contribution in [0.4, 0.5) is 0 Å². The molecule has 1 aromatic heterocycles. The third-order valence-corrected chi connectivity index (χ3v) is 2.46. The van der Waals surface area contributed by atoms with Crippen LogP contribution in [0.15, 0.2) is 13.2 Å². The van der Waals surface area contributed by atoms with Crippen LogP contribution in [-0.2, 0) is 6.42 Å². The quantitative estimate of drug-likeness (QED) is 0.669. The molecule has 2 heteroatoms. The van der Waals surface area contributed by atoms with Crippen molar-refractivity contribution < 1.29 is 0 Å². The maximum atomic E-state index is 3.78. The average molecular weight is 173 g/mol. The Labute approximate surface area is 81.6 Å². The van der Waals surface area contributed by atoms with E-state index in [0.717, 1.165) is 16.7 Å². The summed E-state index contributed by atoms with van der Waals surface area (Å²) in [6.07, 6.45) is 4.72. The Kier molecular flexibility index (Phi) is 2.97. The number of aromatic nitrogens is 1. The van der Waals surface area contributed by atoms with Crippen LogP contribution in [0, 0.1) is 0 Å². The molecule has 0 aromatic carbocycles. The lowest BCUT2D eigenvalue weighted by atomic mass is 10.1. The first kappa shape index (κ1) is 9.38. The maximum Gasteiger partial charge on any atom is 0.206 e. The minimum absolute atomic E-state index is 1.02. The number of rotatable bonds is 3. The first-order chi connectivity index (χ1) is 5.74. The molecule has 0 aliphatic heterocycles. The van der Waals surface area contributed by atoms with Crippen LogP contribution in [0.3, 0.4) is 0 Å². The number of hydrogen-bond acceptors (Lipinski definition) is 0. The van der Waals surface area contributed by atoms with Crippen molar-refractivity contribution in [3.63, 3.8) is 0 Å². The molecule has 0 spiro atoms. The third kappa shape index (κ3) is 1.41. The molecule has 0 amide bonds. The van der Waals surface area contributed by atoms with Crippen LogP contribution in [0.1, 0.15) is 23.7 Å². The zero-order valence-corrected chi connectivity index (χ0v) is 8.51. The molecule has 1 rings (SSSR count). The summed E-state index contributed by atoms with van der Waals surface area (Å²) >= 11 is 2.69. The van der Waals surface area contributed by atoms with Crippen LogP contribution in [0.2, 0.25) is 0 Å². The summed E-state index contributed by atoms with van der Waals surface area (Å²) in [5.74, 6) is 0. The standard InChI is InChI=1S/C10H12N.Al/c1-4-8-7-11-10(6-3)9(8)5-2;/h5-6,11H,2-4H2,1H3;. The summed E-state index contributed by atoms with van der Waals surface area (Å²) in [5, 5.41) is 0. The number of aromatic amines is 1. The van der Waals surface area contributed by atoms with Crippen molar-refractivity contribution in [2.24, 2.45) is 0 Å². The molecule has 0 saturated heterocycles. The Morgan fingerprint density at radius 2 is 2.08 bits per heavy atom. The molecule has 0 bridgehead atoms. The van der Waals surface area contributed by atoms with Crippen molar-refractivity contribution >= 4 is 33.0 Å². The highest BCUT2D eigenvalue weighted by atomic mass is 27.0. The van der Waals surface area contributed by atoms with E-state index >= 15 is 0 Å². The lowest BCUT2D eigenvalue weighted by molar-refractivity contribution is 1.16. The smallest absolute Gasteiger partial charge is 0.206 e. The molecule has 0 unspecified atom stereocenters. The van der Waals surface area contributed by atoms with Gasteiger partial charge in [0.1, 0.15) is 0 Å². The van der Waals surface area contributed by atoms with E-state index in [1.165, 1.54) is 11.1 Å². The Bertz CT molecular complexity index is 310. The van der Waals surface area contributed by atoms with E-state index in [4.69, 9.17) is 0 Å². The SMILES string of the molecule is C=Cc1[nH][c]([Al])c(CC)c1C=C. The second-order valence-electron chi connectivity index (χ2n) is 2.61. The average Bonchev–Trinajstić information content (AvgIpc) is 2.40. The molecule has 1 aromatic rings. The van der Waals surface area contributed by atoms with E-state index in [9.17, 15) is 0 Å². The molecule has 12 heavy (non-hydrogen) atoms. The van der Waals surface area contributed by atoms with Gasteiger partial charge in [0.2, 0.25) is 16.3 Å². The van der Waals surface area contributed by atoms with Crippen LogP contribution >= 0.6 is 0 Å². The maximum absolute atomic E-state index is 3.78. The Hall–Kier alpha value is -0.708. The van der Waals surface area contributed by atoms with E-state index < -0.39 is 0 Å². The second-order valence-corrected chi connectivity index (χ2v) is 3.18. The molecular weight excluding hydrogens is 161 g/mol. The highest BCUT2D eigenvalue weighted by Crippen LogP contribution is 2.14. The van der Waals surface area contributed by atoms with Crippen molar-refractivity contribution in [2.75, 3.05) is 0 Å². The van der Waals surface area contributed by atoms with Crippen LogP contribution < -0.4 is 4.56 Å². The van der Waals surface area contributed by atoms with Crippen molar-refractivity contribution in [3.05, 3.63) is 30.0 Å². The van der Waals surface area contributed by atoms with Gasteiger partial charge in [-0.1, -0.05) is 30.7 Å². The topological polar surface area (TPSA) is 15.8 Å². The highest BCUT2D eigenvalue weighted by Gasteiger charge is 2.06. The van der Waals surface area contributed by atoms with E-state index in [1.54, 1.807) is 0 Å². The molecular formula is C10H12AlN. The normalized spacial score (nSPS) is 9.75. The second kappa shape index (κ2) is 3.80. The monoisotopic (exact) mass is 173 g/mol. The predicted molar refractivity (Wildman–Crippen MR) is 55.7 cm³/mol. The van der Waals surface area contributed by atoms with Gasteiger partial charge in [-0.2, -0.15) is 0 Å². The van der Waals surface area contributed by atoms with Crippen LogP contribution in [-0.4, -0.2) is 21.3 Å². The molecule has 0 atom stereocenters. The summed E-state index contributed by atoms with van der Waals surface area (Å²) in [6, 6.07) is 0. The van der Waals surface area contributed by atoms with Crippen LogP contribution in [0.25, 0.3) is 12.2 Å². The van der Waals surface area contributed by atoms with Crippen molar-refractivity contribution in [1.82, 2.24) is 4.98 Å². The summed E-state index contributed by atoms with van der Waals surface area (Å²) < 4.78 is 1.14. The lowest BCUT2D eigenvalue weighted by Gasteiger charge is -1.97. The fourth-order valence-corrected chi connectivity index (χ4v) is 1.89. The van der Waals surface area contributed by atoms with E-state index in [0.29, 0.717) is 0 Å². The van der Waals surface area contributed by atoms with Gasteiger partial charge in [0, 0.05) is 11.3 Å². The van der Waals surface area contributed by atoms with Crippen molar-refractivity contribution in [2.45, 2.75) is 13.3 Å². The van der Waals surface area contributed by atoms with Crippen LogP contribution in [0.5, 0.6) is 0 Å². The molecule has 1 heterocycles. The zero-order valence-electron chi connectivity index (χ0n) is 7.35. The zero-order chi connectivity index (χ0) is 9.14. The summed E-state index contributed by atoms with van der Waals surface area (Å²) in [4.78, 5) is 3.24. The van der Waals surface area contributed by atoms with E-state index in [1.807, 2.05) is 12.2 Å². The van der Waals surface area contributed by atoms with Gasteiger partial charge in [0.05, 0.1) is 0 Å². The first-order valence-electron chi connectivity index (χ1n) is 3.99. The van der Waals surface area contributed by atoms with Gasteiger partial charge in [0.15, 0.2) is 0 Å². The van der Waals surface area contributed by atoms with Crippen molar-refractivity contribution in [3.8, 4) is 0 Å². The minimum Gasteiger partial charge on any atom is -0.377 e. The van der Waals surface area contributed by atoms with Gasteiger partial charge in [-0.05, 0) is 18.1 Å². The Balaban J connectivity index is 3.34.